The molecule has 5 aliphatic rings. The summed E-state index contributed by atoms with van der Waals surface area (Å²) in [5, 5.41) is 1.09. The van der Waals surface area contributed by atoms with Gasteiger partial charge in [-0.3, -0.25) is 4.79 Å². The third-order valence-electron chi connectivity index (χ3n) is 13.4. The Labute approximate surface area is 348 Å². The maximum absolute atomic E-state index is 15.6. The van der Waals surface area contributed by atoms with Crippen molar-refractivity contribution in [3.05, 3.63) is 89.0 Å². The molecule has 2 bridgehead atoms. The number of carbonyl (C=O) groups excluding carboxylic acids is 2. The number of sulfonamides is 1. The average molecular weight is 905 g/mol. The summed E-state index contributed by atoms with van der Waals surface area (Å²) in [5.41, 5.74) is 6.71. The van der Waals surface area contributed by atoms with Gasteiger partial charge in [0, 0.05) is 0 Å². The SMILES string of the molecule is COc1ccc2c(c1)C1CC1(C(=O)N1C3CCC1CC(N(Cc1ccccc1)[I-]CN(C)C)C3)Cn1c-2c(C2CCCCC2)c2ccc(C(=O)NS(C)(=O)=O)cc21. The van der Waals surface area contributed by atoms with Crippen LogP contribution in [0, 0.1) is 5.41 Å². The van der Waals surface area contributed by atoms with Crippen molar-refractivity contribution in [2.45, 2.75) is 107 Å². The Morgan fingerprint density at radius 3 is 2.37 bits per heavy atom. The van der Waals surface area contributed by atoms with Gasteiger partial charge in [-0.15, -0.1) is 0 Å². The zero-order valence-corrected chi connectivity index (χ0v) is 36.5. The van der Waals surface area contributed by atoms with Crippen LogP contribution >= 0.6 is 0 Å². The first-order valence-electron chi connectivity index (χ1n) is 20.7. The van der Waals surface area contributed by atoms with E-state index in [1.165, 1.54) is 36.0 Å². The number of benzene rings is 3. The molecule has 2 aliphatic carbocycles. The van der Waals surface area contributed by atoms with Crippen molar-refractivity contribution in [3.63, 3.8) is 0 Å². The van der Waals surface area contributed by atoms with Gasteiger partial charge in [-0.05, 0) is 18.9 Å². The quantitative estimate of drug-likeness (QED) is 0.105. The number of nitrogens with zero attached hydrogens (tertiary/aromatic N) is 4. The number of amides is 2. The third-order valence-corrected chi connectivity index (χ3v) is 17.7. The fourth-order valence-electron chi connectivity index (χ4n) is 10.8. The second kappa shape index (κ2) is 15.3. The normalized spacial score (nSPS) is 25.6. The predicted octanol–water partition coefficient (Wildman–Crippen LogP) is 4.09. The molecule has 4 heterocycles. The van der Waals surface area contributed by atoms with Crippen molar-refractivity contribution in [1.82, 2.24) is 22.2 Å². The van der Waals surface area contributed by atoms with Gasteiger partial charge in [0.2, 0.25) is 10.0 Å². The van der Waals surface area contributed by atoms with E-state index < -0.39 is 21.3 Å². The van der Waals surface area contributed by atoms with Crippen LogP contribution in [0.3, 0.4) is 0 Å². The molecule has 4 atom stereocenters. The number of halogens is 1. The van der Waals surface area contributed by atoms with Crippen LogP contribution in [-0.2, 0) is 27.9 Å². The van der Waals surface area contributed by atoms with Crippen LogP contribution in [0.2, 0.25) is 0 Å². The van der Waals surface area contributed by atoms with Gasteiger partial charge < -0.3 is 0 Å². The number of methoxy groups -OCH3 is 1. The van der Waals surface area contributed by atoms with Gasteiger partial charge in [0.15, 0.2) is 0 Å². The first-order chi connectivity index (χ1) is 27.4. The molecular formula is C45H55IN5O5S-. The number of carbonyl (C=O) groups is 2. The molecule has 3 aromatic carbocycles. The molecule has 12 heteroatoms. The Balaban J connectivity index is 1.11. The molecule has 1 N–H and O–H groups in total. The molecule has 0 spiro atoms. The number of piperidine rings is 1. The summed E-state index contributed by atoms with van der Waals surface area (Å²) in [7, 11) is 2.29. The Morgan fingerprint density at radius 1 is 0.947 bits per heavy atom. The summed E-state index contributed by atoms with van der Waals surface area (Å²) < 4.78 is 38.5. The van der Waals surface area contributed by atoms with E-state index in [1.807, 2.05) is 18.2 Å². The number of alkyl halides is 1. The van der Waals surface area contributed by atoms with Crippen molar-refractivity contribution >= 4 is 32.7 Å². The van der Waals surface area contributed by atoms with Gasteiger partial charge in [-0.25, -0.2) is 13.1 Å². The van der Waals surface area contributed by atoms with Crippen LogP contribution in [0.5, 0.6) is 5.75 Å². The minimum atomic E-state index is -3.75. The van der Waals surface area contributed by atoms with Crippen molar-refractivity contribution in [2.24, 2.45) is 5.41 Å². The van der Waals surface area contributed by atoms with Crippen LogP contribution in [0.25, 0.3) is 22.2 Å². The van der Waals surface area contributed by atoms with Crippen LogP contribution in [0.15, 0.2) is 66.7 Å². The summed E-state index contributed by atoms with van der Waals surface area (Å²) >= 11 is -0.215. The predicted molar refractivity (Wildman–Crippen MR) is 219 cm³/mol. The standard InChI is InChI=1S/C45H55IN5O5S/c1-48(2)28-46-50(26-29-11-7-5-8-12-29)34-22-32-16-17-33(23-34)51(32)44(53)45-25-39(45)38-24-35(56-3)18-20-36(38)42-41(30-13-9-6-10-14-30)37-19-15-31(21-40(37)49(42)27-45)43(52)47-57(4,54)55/h5,7-8,11-12,15,18-21,24,30,32-34,39H,6,9-10,13-14,16-17,22-23,25-28H2,1-4H3,(H,47,52)/q-1. The molecule has 0 radical (unpaired) electrons. The topological polar surface area (TPSA) is 104 Å². The third kappa shape index (κ3) is 7.31. The Bertz CT molecular complexity index is 2290. The van der Waals surface area contributed by atoms with E-state index in [9.17, 15) is 13.2 Å². The van der Waals surface area contributed by atoms with Gasteiger partial charge in [0.05, 0.1) is 13.4 Å². The molecule has 4 unspecified atom stereocenters. The maximum atomic E-state index is 15.6. The van der Waals surface area contributed by atoms with Gasteiger partial charge in [-0.2, -0.15) is 0 Å². The van der Waals surface area contributed by atoms with E-state index in [0.717, 1.165) is 90.2 Å². The van der Waals surface area contributed by atoms with E-state index in [2.05, 4.69) is 78.8 Å². The monoisotopic (exact) mass is 904 g/mol. The number of ether oxygens (including phenoxy) is 1. The average Bonchev–Trinajstić information content (AvgIpc) is 3.79. The Hall–Kier alpha value is -3.46. The van der Waals surface area contributed by atoms with E-state index in [1.54, 1.807) is 13.2 Å². The van der Waals surface area contributed by atoms with Crippen LogP contribution in [0.4, 0.5) is 0 Å². The number of hydrogen-bond acceptors (Lipinski definition) is 7. The molecule has 304 valence electrons. The summed E-state index contributed by atoms with van der Waals surface area (Å²) in [5.74, 6) is 0.847. The molecule has 10 nitrogen and oxygen atoms in total. The second-order valence-corrected chi connectivity index (χ2v) is 21.9. The summed E-state index contributed by atoms with van der Waals surface area (Å²) in [6, 6.07) is 23.8. The molecule has 57 heavy (non-hydrogen) atoms. The van der Waals surface area contributed by atoms with Crippen molar-refractivity contribution in [2.75, 3.05) is 32.0 Å². The second-order valence-electron chi connectivity index (χ2n) is 17.6. The summed E-state index contributed by atoms with van der Waals surface area (Å²) in [4.78, 5) is 33.6. The zero-order chi connectivity index (χ0) is 39.6. The van der Waals surface area contributed by atoms with Gasteiger partial charge in [0.25, 0.3) is 5.91 Å². The van der Waals surface area contributed by atoms with Crippen molar-refractivity contribution in [1.29, 1.82) is 0 Å². The number of aromatic nitrogens is 1. The number of fused-ring (bicyclic) bond motifs is 9. The number of hydrogen-bond donors (Lipinski definition) is 1. The van der Waals surface area contributed by atoms with Crippen molar-refractivity contribution in [3.8, 4) is 17.0 Å². The first kappa shape index (κ1) is 39.0. The minimum absolute atomic E-state index is 0.0543. The van der Waals surface area contributed by atoms with E-state index in [0.29, 0.717) is 24.1 Å². The van der Waals surface area contributed by atoms with Gasteiger partial charge in [-0.1, -0.05) is 19.3 Å². The van der Waals surface area contributed by atoms with Gasteiger partial charge in [0.1, 0.15) is 0 Å². The molecule has 4 fully saturated rings. The van der Waals surface area contributed by atoms with Crippen LogP contribution in [0.1, 0.15) is 103 Å². The van der Waals surface area contributed by atoms with Crippen LogP contribution < -0.4 is 30.9 Å². The van der Waals surface area contributed by atoms with E-state index >= 15 is 4.79 Å². The molecule has 3 aliphatic heterocycles. The number of nitrogens with one attached hydrogen (secondary N) is 1. The Morgan fingerprint density at radius 2 is 1.68 bits per heavy atom. The summed E-state index contributed by atoms with van der Waals surface area (Å²) in [6.07, 6.45) is 11.7. The van der Waals surface area contributed by atoms with E-state index in [-0.39, 0.29) is 45.4 Å². The number of rotatable bonds is 11. The Kier molecular flexibility index (Phi) is 10.5. The molecule has 2 saturated carbocycles. The first-order valence-corrected chi connectivity index (χ1v) is 25.1. The molecule has 2 saturated heterocycles. The fraction of sp³-hybridized carbons (Fsp3) is 0.511. The zero-order valence-electron chi connectivity index (χ0n) is 33.5. The summed E-state index contributed by atoms with van der Waals surface area (Å²) in [6.45, 7) is 1.48. The molecule has 1 aromatic heterocycles. The van der Waals surface area contributed by atoms with Crippen molar-refractivity contribution < 1.29 is 44.2 Å². The molecular weight excluding hydrogens is 849 g/mol. The fourth-order valence-corrected chi connectivity index (χ4v) is 13.9. The molecule has 4 aromatic rings. The van der Waals surface area contributed by atoms with Gasteiger partial charge >= 0.3 is 264 Å². The molecule has 9 rings (SSSR count). The molecule has 2 amide bonds. The van der Waals surface area contributed by atoms with E-state index in [4.69, 9.17) is 4.74 Å². The van der Waals surface area contributed by atoms with Crippen LogP contribution in [-0.4, -0.2) is 87.9 Å².